The Hall–Kier alpha value is -1.89. The molecule has 3 nitrogen and oxygen atoms in total. The molecule has 4 heteroatoms. The molecule has 0 radical (unpaired) electrons. The van der Waals surface area contributed by atoms with Crippen molar-refractivity contribution in [3.8, 4) is 11.8 Å². The zero-order valence-electron chi connectivity index (χ0n) is 8.45. The van der Waals surface area contributed by atoms with Crippen LogP contribution in [0.4, 0.5) is 4.39 Å². The van der Waals surface area contributed by atoms with Crippen molar-refractivity contribution in [3.63, 3.8) is 0 Å². The summed E-state index contributed by atoms with van der Waals surface area (Å²) in [6.45, 7) is 2.88. The molecule has 0 saturated carbocycles. The van der Waals surface area contributed by atoms with E-state index in [1.54, 1.807) is 0 Å². The third-order valence-electron chi connectivity index (χ3n) is 1.81. The summed E-state index contributed by atoms with van der Waals surface area (Å²) in [5, 5.41) is 8.54. The molecule has 1 atom stereocenters. The number of rotatable bonds is 3. The molecule has 1 rings (SSSR count). The molecule has 0 N–H and O–H groups in total. The molecule has 0 bridgehead atoms. The molecule has 0 aliphatic heterocycles. The number of benzene rings is 1. The zero-order valence-corrected chi connectivity index (χ0v) is 8.45. The molecule has 0 heterocycles. The van der Waals surface area contributed by atoms with Crippen LogP contribution >= 0.6 is 0 Å². The van der Waals surface area contributed by atoms with Crippen LogP contribution in [0.2, 0.25) is 0 Å². The Labute approximate surface area is 87.1 Å². The zero-order chi connectivity index (χ0) is 11.4. The van der Waals surface area contributed by atoms with Gasteiger partial charge >= 0.3 is 0 Å². The number of nitrogens with zero attached hydrogens (tertiary/aromatic N) is 1. The molecule has 0 amide bonds. The van der Waals surface area contributed by atoms with Gasteiger partial charge in [-0.05, 0) is 26.0 Å². The van der Waals surface area contributed by atoms with Gasteiger partial charge in [-0.25, -0.2) is 4.39 Å². The largest absolute Gasteiger partial charge is 0.475 e. The van der Waals surface area contributed by atoms with Crippen molar-refractivity contribution in [1.29, 1.82) is 5.26 Å². The molecule has 0 saturated heterocycles. The second-order valence-corrected chi connectivity index (χ2v) is 3.09. The van der Waals surface area contributed by atoms with Crippen molar-refractivity contribution in [1.82, 2.24) is 0 Å². The van der Waals surface area contributed by atoms with Gasteiger partial charge < -0.3 is 4.74 Å². The molecule has 15 heavy (non-hydrogen) atoms. The number of Topliss-reactive ketones (excluding diaryl/α,β-unsaturated/α-hetero) is 1. The van der Waals surface area contributed by atoms with Gasteiger partial charge in [0.25, 0.3) is 0 Å². The van der Waals surface area contributed by atoms with E-state index in [9.17, 15) is 9.18 Å². The van der Waals surface area contributed by atoms with Gasteiger partial charge in [-0.15, -0.1) is 0 Å². The van der Waals surface area contributed by atoms with Crippen LogP contribution in [-0.4, -0.2) is 11.9 Å². The highest BCUT2D eigenvalue weighted by Gasteiger charge is 2.12. The monoisotopic (exact) mass is 207 g/mol. The van der Waals surface area contributed by atoms with Gasteiger partial charge in [0.1, 0.15) is 17.6 Å². The molecular weight excluding hydrogens is 197 g/mol. The average molecular weight is 207 g/mol. The van der Waals surface area contributed by atoms with Crippen molar-refractivity contribution < 1.29 is 13.9 Å². The summed E-state index contributed by atoms with van der Waals surface area (Å²) in [4.78, 5) is 11.2. The van der Waals surface area contributed by atoms with Crippen LogP contribution in [-0.2, 0) is 0 Å². The first-order valence-electron chi connectivity index (χ1n) is 4.41. The van der Waals surface area contributed by atoms with Crippen molar-refractivity contribution >= 4 is 5.78 Å². The minimum atomic E-state index is -0.718. The lowest BCUT2D eigenvalue weighted by molar-refractivity contribution is 0.101. The van der Waals surface area contributed by atoms with E-state index in [2.05, 4.69) is 0 Å². The predicted molar refractivity (Wildman–Crippen MR) is 52.1 cm³/mol. The minimum Gasteiger partial charge on any atom is -0.475 e. The van der Waals surface area contributed by atoms with Crippen LogP contribution < -0.4 is 4.74 Å². The first-order valence-corrected chi connectivity index (χ1v) is 4.41. The average Bonchev–Trinajstić information content (AvgIpc) is 2.17. The van der Waals surface area contributed by atoms with Gasteiger partial charge in [0.05, 0.1) is 5.56 Å². The van der Waals surface area contributed by atoms with E-state index in [1.807, 2.05) is 6.07 Å². The number of ketones is 1. The van der Waals surface area contributed by atoms with Gasteiger partial charge in [0, 0.05) is 6.07 Å². The number of halogens is 1. The van der Waals surface area contributed by atoms with Crippen molar-refractivity contribution in [2.45, 2.75) is 20.0 Å². The highest BCUT2D eigenvalue weighted by atomic mass is 19.1. The Morgan fingerprint density at radius 1 is 1.60 bits per heavy atom. The lowest BCUT2D eigenvalue weighted by Gasteiger charge is -2.10. The van der Waals surface area contributed by atoms with Crippen LogP contribution in [0.5, 0.6) is 5.75 Å². The van der Waals surface area contributed by atoms with Crippen molar-refractivity contribution in [3.05, 3.63) is 29.6 Å². The highest BCUT2D eigenvalue weighted by Crippen LogP contribution is 2.21. The van der Waals surface area contributed by atoms with Crippen LogP contribution in [0, 0.1) is 17.1 Å². The second-order valence-electron chi connectivity index (χ2n) is 3.09. The van der Waals surface area contributed by atoms with E-state index in [1.165, 1.54) is 26.0 Å². The van der Waals surface area contributed by atoms with Crippen LogP contribution in [0.3, 0.4) is 0 Å². The van der Waals surface area contributed by atoms with Crippen LogP contribution in [0.15, 0.2) is 18.2 Å². The molecule has 0 aromatic heterocycles. The fourth-order valence-electron chi connectivity index (χ4n) is 1.10. The van der Waals surface area contributed by atoms with Crippen LogP contribution in [0.25, 0.3) is 0 Å². The molecule has 78 valence electrons. The molecule has 0 fully saturated rings. The van der Waals surface area contributed by atoms with Crippen LogP contribution in [0.1, 0.15) is 24.2 Å². The fraction of sp³-hybridized carbons (Fsp3) is 0.273. The normalized spacial score (nSPS) is 11.6. The second kappa shape index (κ2) is 4.56. The molecule has 0 aliphatic carbocycles. The first kappa shape index (κ1) is 11.2. The summed E-state index contributed by atoms with van der Waals surface area (Å²) in [6, 6.07) is 5.47. The number of hydrogen-bond donors (Lipinski definition) is 0. The third kappa shape index (κ3) is 2.78. The Bertz CT molecular complexity index is 423. The number of carbonyl (C=O) groups excluding carboxylic acids is 1. The van der Waals surface area contributed by atoms with Gasteiger partial charge in [-0.3, -0.25) is 4.79 Å². The standard InChI is InChI=1S/C11H10FNO2/c1-7(6-13)15-11-5-9(12)3-4-10(11)8(2)14/h3-5,7H,1-2H3. The Kier molecular flexibility index (Phi) is 3.40. The van der Waals surface area contributed by atoms with Crippen molar-refractivity contribution in [2.24, 2.45) is 0 Å². The van der Waals surface area contributed by atoms with E-state index < -0.39 is 11.9 Å². The fourth-order valence-corrected chi connectivity index (χ4v) is 1.10. The van der Waals surface area contributed by atoms with E-state index in [4.69, 9.17) is 10.00 Å². The van der Waals surface area contributed by atoms with E-state index >= 15 is 0 Å². The lowest BCUT2D eigenvalue weighted by Crippen LogP contribution is -2.11. The summed E-state index contributed by atoms with van der Waals surface area (Å²) in [5.41, 5.74) is 0.276. The number of nitriles is 1. The molecule has 1 unspecified atom stereocenters. The molecule has 0 spiro atoms. The maximum absolute atomic E-state index is 12.9. The van der Waals surface area contributed by atoms with Gasteiger partial charge in [-0.1, -0.05) is 0 Å². The van der Waals surface area contributed by atoms with Gasteiger partial charge in [0.15, 0.2) is 11.9 Å². The van der Waals surface area contributed by atoms with Crippen molar-refractivity contribution in [2.75, 3.05) is 0 Å². The number of carbonyl (C=O) groups is 1. The summed E-state index contributed by atoms with van der Waals surface area (Å²) in [6.07, 6.45) is -0.718. The topological polar surface area (TPSA) is 50.1 Å². The summed E-state index contributed by atoms with van der Waals surface area (Å²) >= 11 is 0. The quantitative estimate of drug-likeness (QED) is 0.714. The van der Waals surface area contributed by atoms with Gasteiger partial charge in [-0.2, -0.15) is 5.26 Å². The third-order valence-corrected chi connectivity index (χ3v) is 1.81. The smallest absolute Gasteiger partial charge is 0.181 e. The van der Waals surface area contributed by atoms with Gasteiger partial charge in [0.2, 0.25) is 0 Å². The first-order chi connectivity index (χ1) is 7.04. The number of hydrogen-bond acceptors (Lipinski definition) is 3. The number of ether oxygens (including phenoxy) is 1. The molecular formula is C11H10FNO2. The maximum atomic E-state index is 12.9. The maximum Gasteiger partial charge on any atom is 0.181 e. The Balaban J connectivity index is 3.08. The molecule has 0 aliphatic rings. The van der Waals surface area contributed by atoms with E-state index in [0.29, 0.717) is 0 Å². The predicted octanol–water partition coefficient (Wildman–Crippen LogP) is 2.32. The molecule has 1 aromatic carbocycles. The Morgan fingerprint density at radius 3 is 2.80 bits per heavy atom. The highest BCUT2D eigenvalue weighted by molar-refractivity contribution is 5.96. The molecule has 1 aromatic rings. The SMILES string of the molecule is CC(=O)c1ccc(F)cc1OC(C)C#N. The Morgan fingerprint density at radius 2 is 2.27 bits per heavy atom. The summed E-state index contributed by atoms with van der Waals surface area (Å²) in [7, 11) is 0. The van der Waals surface area contributed by atoms with E-state index in [0.717, 1.165) is 6.07 Å². The summed E-state index contributed by atoms with van der Waals surface area (Å²) in [5.74, 6) is -0.619. The summed E-state index contributed by atoms with van der Waals surface area (Å²) < 4.78 is 18.0. The lowest BCUT2D eigenvalue weighted by atomic mass is 10.1. The van der Waals surface area contributed by atoms with E-state index in [-0.39, 0.29) is 17.1 Å². The minimum absolute atomic E-state index is 0.108.